The van der Waals surface area contributed by atoms with Crippen LogP contribution in [0.1, 0.15) is 110 Å². The molecule has 2 rings (SSSR count). The lowest BCUT2D eigenvalue weighted by molar-refractivity contribution is 0.0511. The molecule has 0 spiro atoms. The smallest absolute Gasteiger partial charge is 0.164 e. The largest absolute Gasteiger partial charge is 0.504 e. The molecule has 0 bridgehead atoms. The first-order valence-electron chi connectivity index (χ1n) is 12.7. The molecule has 3 nitrogen and oxygen atoms in total. The molecule has 3 heteroatoms. The van der Waals surface area contributed by atoms with E-state index in [9.17, 15) is 5.11 Å². The first-order chi connectivity index (χ1) is 14.6. The summed E-state index contributed by atoms with van der Waals surface area (Å²) in [5.74, 6) is 4.12. The highest BCUT2D eigenvalue weighted by Crippen LogP contribution is 2.45. The van der Waals surface area contributed by atoms with Gasteiger partial charge in [-0.2, -0.15) is 0 Å². The van der Waals surface area contributed by atoms with Crippen molar-refractivity contribution >= 4 is 0 Å². The van der Waals surface area contributed by atoms with Crippen molar-refractivity contribution in [1.82, 2.24) is 0 Å². The van der Waals surface area contributed by atoms with Gasteiger partial charge >= 0.3 is 0 Å². The number of benzene rings is 1. The number of aromatic hydroxyl groups is 1. The summed E-state index contributed by atoms with van der Waals surface area (Å²) in [7, 11) is 1.60. The molecule has 1 aromatic rings. The van der Waals surface area contributed by atoms with Gasteiger partial charge in [0.05, 0.1) is 7.11 Å². The Hall–Kier alpha value is -1.38. The van der Waals surface area contributed by atoms with E-state index in [4.69, 9.17) is 9.47 Å². The standard InChI is InChI=1S/C28H48O3/c1-20(2)11-8-12-21(3)13-9-14-22(4)15-10-17-28(6)18-16-24-19-25(30-7)26(29)23(5)27(24)31-28/h19-22,29H,8-18H2,1-7H3/t21-,22-,28-/m1/s1. The second kappa shape index (κ2) is 12.0. The van der Waals surface area contributed by atoms with Crippen LogP contribution in [0.15, 0.2) is 6.07 Å². The van der Waals surface area contributed by atoms with Crippen molar-refractivity contribution < 1.29 is 14.6 Å². The Morgan fingerprint density at radius 3 is 2.16 bits per heavy atom. The quantitative estimate of drug-likeness (QED) is 0.341. The van der Waals surface area contributed by atoms with E-state index < -0.39 is 0 Å². The highest BCUT2D eigenvalue weighted by molar-refractivity contribution is 5.57. The molecular formula is C28H48O3. The summed E-state index contributed by atoms with van der Waals surface area (Å²) in [6.45, 7) is 13.7. The molecule has 3 atom stereocenters. The third-order valence-corrected chi connectivity index (χ3v) is 7.29. The molecule has 1 aromatic carbocycles. The van der Waals surface area contributed by atoms with E-state index in [1.807, 2.05) is 13.0 Å². The number of aryl methyl sites for hydroxylation is 1. The zero-order valence-corrected chi connectivity index (χ0v) is 21.4. The van der Waals surface area contributed by atoms with Gasteiger partial charge in [0.2, 0.25) is 0 Å². The third kappa shape index (κ3) is 7.91. The van der Waals surface area contributed by atoms with Crippen LogP contribution in [0.4, 0.5) is 0 Å². The van der Waals surface area contributed by atoms with E-state index in [1.54, 1.807) is 7.11 Å². The topological polar surface area (TPSA) is 38.7 Å². The van der Waals surface area contributed by atoms with Crippen molar-refractivity contribution in [2.45, 2.75) is 118 Å². The van der Waals surface area contributed by atoms with E-state index in [0.29, 0.717) is 5.75 Å². The van der Waals surface area contributed by atoms with Crippen LogP contribution in [0, 0.1) is 24.7 Å². The fourth-order valence-corrected chi connectivity index (χ4v) is 4.98. The molecule has 0 saturated carbocycles. The zero-order chi connectivity index (χ0) is 23.0. The summed E-state index contributed by atoms with van der Waals surface area (Å²) in [6, 6.07) is 1.93. The number of phenolic OH excluding ortho intramolecular Hbond substituents is 1. The lowest BCUT2D eigenvalue weighted by Gasteiger charge is -2.37. The van der Waals surface area contributed by atoms with Gasteiger partial charge in [0.1, 0.15) is 11.4 Å². The number of hydrogen-bond acceptors (Lipinski definition) is 3. The Kier molecular flexibility index (Phi) is 10.0. The van der Waals surface area contributed by atoms with Gasteiger partial charge in [0.15, 0.2) is 11.5 Å². The van der Waals surface area contributed by atoms with Crippen LogP contribution in [0.25, 0.3) is 0 Å². The fourth-order valence-electron chi connectivity index (χ4n) is 4.98. The monoisotopic (exact) mass is 432 g/mol. The molecule has 31 heavy (non-hydrogen) atoms. The van der Waals surface area contributed by atoms with Crippen LogP contribution in [0.5, 0.6) is 17.2 Å². The number of rotatable bonds is 13. The van der Waals surface area contributed by atoms with Gasteiger partial charge in [0, 0.05) is 5.56 Å². The minimum atomic E-state index is -0.135. The molecule has 1 aliphatic rings. The summed E-state index contributed by atoms with van der Waals surface area (Å²) in [5.41, 5.74) is 1.82. The average molecular weight is 433 g/mol. The molecule has 1 N–H and O–H groups in total. The van der Waals surface area contributed by atoms with E-state index in [2.05, 4.69) is 34.6 Å². The summed E-state index contributed by atoms with van der Waals surface area (Å²) in [5, 5.41) is 10.4. The molecule has 0 saturated heterocycles. The van der Waals surface area contributed by atoms with Crippen molar-refractivity contribution in [2.75, 3.05) is 7.11 Å². The van der Waals surface area contributed by atoms with Crippen molar-refractivity contribution in [3.63, 3.8) is 0 Å². The van der Waals surface area contributed by atoms with E-state index >= 15 is 0 Å². The maximum Gasteiger partial charge on any atom is 0.164 e. The van der Waals surface area contributed by atoms with Crippen LogP contribution in [0.3, 0.4) is 0 Å². The van der Waals surface area contributed by atoms with Gasteiger partial charge in [-0.3, -0.25) is 0 Å². The first kappa shape index (κ1) is 25.9. The van der Waals surface area contributed by atoms with Crippen molar-refractivity contribution in [1.29, 1.82) is 0 Å². The number of hydrogen-bond donors (Lipinski definition) is 1. The van der Waals surface area contributed by atoms with Crippen molar-refractivity contribution in [3.8, 4) is 17.2 Å². The number of ether oxygens (including phenoxy) is 2. The maximum atomic E-state index is 10.4. The summed E-state index contributed by atoms with van der Waals surface area (Å²) >= 11 is 0. The van der Waals surface area contributed by atoms with Gasteiger partial charge in [0.25, 0.3) is 0 Å². The second-order valence-electron chi connectivity index (χ2n) is 11.0. The second-order valence-corrected chi connectivity index (χ2v) is 11.0. The van der Waals surface area contributed by atoms with Crippen molar-refractivity contribution in [2.24, 2.45) is 17.8 Å². The minimum Gasteiger partial charge on any atom is -0.504 e. The van der Waals surface area contributed by atoms with Gasteiger partial charge in [-0.1, -0.05) is 72.6 Å². The molecule has 0 unspecified atom stereocenters. The number of phenols is 1. The van der Waals surface area contributed by atoms with Crippen LogP contribution in [0.2, 0.25) is 0 Å². The molecule has 0 radical (unpaired) electrons. The Balaban J connectivity index is 1.72. The SMILES string of the molecule is COc1cc2c(c(C)c1O)O[C@](C)(CCC[C@H](C)CCC[C@H](C)CCCC(C)C)CC2. The summed E-state index contributed by atoms with van der Waals surface area (Å²) in [6.07, 6.45) is 13.8. The van der Waals surface area contributed by atoms with Gasteiger partial charge in [-0.15, -0.1) is 0 Å². The normalized spacial score (nSPS) is 20.3. The van der Waals surface area contributed by atoms with Crippen molar-refractivity contribution in [3.05, 3.63) is 17.2 Å². The summed E-state index contributed by atoms with van der Waals surface area (Å²) < 4.78 is 11.8. The van der Waals surface area contributed by atoms with Crippen LogP contribution < -0.4 is 9.47 Å². The zero-order valence-electron chi connectivity index (χ0n) is 21.4. The minimum absolute atomic E-state index is 0.135. The molecule has 178 valence electrons. The molecule has 1 heterocycles. The van der Waals surface area contributed by atoms with Gasteiger partial charge in [-0.25, -0.2) is 0 Å². The average Bonchev–Trinajstić information content (AvgIpc) is 2.71. The van der Waals surface area contributed by atoms with E-state index in [1.165, 1.54) is 51.4 Å². The van der Waals surface area contributed by atoms with Crippen LogP contribution >= 0.6 is 0 Å². The molecular weight excluding hydrogens is 384 g/mol. The molecule has 0 fully saturated rings. The highest BCUT2D eigenvalue weighted by atomic mass is 16.5. The fraction of sp³-hybridized carbons (Fsp3) is 0.786. The number of fused-ring (bicyclic) bond motifs is 1. The summed E-state index contributed by atoms with van der Waals surface area (Å²) in [4.78, 5) is 0. The molecule has 0 aliphatic carbocycles. The Morgan fingerprint density at radius 2 is 1.58 bits per heavy atom. The molecule has 1 aliphatic heterocycles. The lowest BCUT2D eigenvalue weighted by Crippen LogP contribution is -2.36. The van der Waals surface area contributed by atoms with Crippen LogP contribution in [-0.2, 0) is 6.42 Å². The Morgan fingerprint density at radius 1 is 1.00 bits per heavy atom. The van der Waals surface area contributed by atoms with Gasteiger partial charge in [-0.05, 0) is 68.9 Å². The highest BCUT2D eigenvalue weighted by Gasteiger charge is 2.33. The Bertz CT molecular complexity index is 681. The molecule has 0 amide bonds. The van der Waals surface area contributed by atoms with Gasteiger partial charge < -0.3 is 14.6 Å². The maximum absolute atomic E-state index is 10.4. The lowest BCUT2D eigenvalue weighted by atomic mass is 9.85. The molecule has 0 aromatic heterocycles. The van der Waals surface area contributed by atoms with E-state index in [-0.39, 0.29) is 11.4 Å². The number of methoxy groups -OCH3 is 1. The Labute approximate surface area is 191 Å². The third-order valence-electron chi connectivity index (χ3n) is 7.29. The predicted molar refractivity (Wildman–Crippen MR) is 131 cm³/mol. The first-order valence-corrected chi connectivity index (χ1v) is 12.7. The van der Waals surface area contributed by atoms with Crippen LogP contribution in [-0.4, -0.2) is 17.8 Å². The van der Waals surface area contributed by atoms with E-state index in [0.717, 1.165) is 53.9 Å². The predicted octanol–water partition coefficient (Wildman–Crippen LogP) is 8.23.